The van der Waals surface area contributed by atoms with Crippen molar-refractivity contribution in [2.45, 2.75) is 6.54 Å². The lowest BCUT2D eigenvalue weighted by atomic mass is 10.2. The fourth-order valence-corrected chi connectivity index (χ4v) is 3.50. The Labute approximate surface area is 117 Å². The van der Waals surface area contributed by atoms with E-state index in [9.17, 15) is 0 Å². The maximum atomic E-state index is 5.76. The molecule has 0 aliphatic heterocycles. The summed E-state index contributed by atoms with van der Waals surface area (Å²) in [7, 11) is 2.04. The molecule has 0 amide bonds. The van der Waals surface area contributed by atoms with Crippen LogP contribution in [0.2, 0.25) is 0 Å². The van der Waals surface area contributed by atoms with Crippen LogP contribution in [0.3, 0.4) is 0 Å². The number of hydrogen-bond donors (Lipinski definition) is 1. The number of imidazole rings is 1. The van der Waals surface area contributed by atoms with Crippen molar-refractivity contribution in [2.75, 3.05) is 0 Å². The third-order valence-electron chi connectivity index (χ3n) is 3.01. The van der Waals surface area contributed by atoms with Crippen LogP contribution in [0, 0.1) is 0 Å². The first-order valence-electron chi connectivity index (χ1n) is 5.61. The van der Waals surface area contributed by atoms with Gasteiger partial charge in [0.05, 0.1) is 19.7 Å². The van der Waals surface area contributed by atoms with E-state index in [1.54, 1.807) is 11.3 Å². The number of halogens is 1. The van der Waals surface area contributed by atoms with Crippen molar-refractivity contribution in [3.63, 3.8) is 0 Å². The topological polar surface area (TPSA) is 43.8 Å². The summed E-state index contributed by atoms with van der Waals surface area (Å²) in [6.45, 7) is 0.516. The Balaban J connectivity index is 2.28. The van der Waals surface area contributed by atoms with Gasteiger partial charge in [-0.3, -0.25) is 0 Å². The number of hydrogen-bond acceptors (Lipinski definition) is 3. The molecule has 2 aromatic heterocycles. The fourth-order valence-electron chi connectivity index (χ4n) is 2.09. The fraction of sp³-hybridized carbons (Fsp3) is 0.154. The minimum absolute atomic E-state index is 0.516. The first-order valence-corrected chi connectivity index (χ1v) is 7.21. The Morgan fingerprint density at radius 3 is 2.83 bits per heavy atom. The Hall–Kier alpha value is -1.17. The highest BCUT2D eigenvalue weighted by Crippen LogP contribution is 2.32. The van der Waals surface area contributed by atoms with Gasteiger partial charge in [-0.2, -0.15) is 0 Å². The number of fused-ring (bicyclic) bond motifs is 1. The van der Waals surface area contributed by atoms with E-state index >= 15 is 0 Å². The summed E-state index contributed by atoms with van der Waals surface area (Å²) >= 11 is 5.17. The molecule has 1 aromatic carbocycles. The van der Waals surface area contributed by atoms with Crippen molar-refractivity contribution < 1.29 is 0 Å². The second kappa shape index (κ2) is 4.50. The molecule has 0 unspecified atom stereocenters. The minimum Gasteiger partial charge on any atom is -0.326 e. The summed E-state index contributed by atoms with van der Waals surface area (Å²) < 4.78 is 3.23. The van der Waals surface area contributed by atoms with Gasteiger partial charge >= 0.3 is 0 Å². The number of aryl methyl sites for hydroxylation is 1. The highest BCUT2D eigenvalue weighted by molar-refractivity contribution is 9.11. The molecule has 3 nitrogen and oxygen atoms in total. The lowest BCUT2D eigenvalue weighted by molar-refractivity contribution is 0.963. The SMILES string of the molecule is Cn1c(-c2ccc(Br)s2)nc2c(CN)cccc21. The van der Waals surface area contributed by atoms with E-state index in [1.165, 1.54) is 0 Å². The molecule has 0 radical (unpaired) electrons. The van der Waals surface area contributed by atoms with Crippen LogP contribution in [0.1, 0.15) is 5.56 Å². The average molecular weight is 322 g/mol. The van der Waals surface area contributed by atoms with Crippen LogP contribution in [0.15, 0.2) is 34.1 Å². The summed E-state index contributed by atoms with van der Waals surface area (Å²) in [6.07, 6.45) is 0. The second-order valence-corrected chi connectivity index (χ2v) is 6.55. The number of aromatic nitrogens is 2. The minimum atomic E-state index is 0.516. The number of nitrogens with two attached hydrogens (primary N) is 1. The Kier molecular flexibility index (Phi) is 2.97. The highest BCUT2D eigenvalue weighted by atomic mass is 79.9. The van der Waals surface area contributed by atoms with Gasteiger partial charge in [0.1, 0.15) is 0 Å². The third kappa shape index (κ3) is 1.79. The van der Waals surface area contributed by atoms with Crippen molar-refractivity contribution in [1.29, 1.82) is 0 Å². The summed E-state index contributed by atoms with van der Waals surface area (Å²) in [5.74, 6) is 0.988. The molecule has 92 valence electrons. The van der Waals surface area contributed by atoms with Gasteiger partial charge in [0.2, 0.25) is 0 Å². The Morgan fingerprint density at radius 2 is 2.17 bits per heavy atom. The zero-order valence-electron chi connectivity index (χ0n) is 9.85. The standard InChI is InChI=1S/C13H12BrN3S/c1-17-9-4-2-3-8(7-15)12(9)16-13(17)10-5-6-11(14)18-10/h2-6H,7,15H2,1H3. The van der Waals surface area contributed by atoms with E-state index in [0.29, 0.717) is 6.54 Å². The monoisotopic (exact) mass is 321 g/mol. The van der Waals surface area contributed by atoms with E-state index in [2.05, 4.69) is 32.6 Å². The number of thiophene rings is 1. The predicted octanol–water partition coefficient (Wildman–Crippen LogP) is 3.52. The normalized spacial score (nSPS) is 11.3. The van der Waals surface area contributed by atoms with Crippen LogP contribution < -0.4 is 5.73 Å². The largest absolute Gasteiger partial charge is 0.326 e. The molecule has 0 aliphatic carbocycles. The molecule has 3 rings (SSSR count). The van der Waals surface area contributed by atoms with Crippen LogP contribution in [-0.4, -0.2) is 9.55 Å². The van der Waals surface area contributed by atoms with Gasteiger partial charge in [-0.05, 0) is 39.7 Å². The molecular weight excluding hydrogens is 310 g/mol. The Morgan fingerprint density at radius 1 is 1.33 bits per heavy atom. The van der Waals surface area contributed by atoms with Crippen molar-refractivity contribution in [1.82, 2.24) is 9.55 Å². The molecule has 0 saturated carbocycles. The molecule has 0 bridgehead atoms. The van der Waals surface area contributed by atoms with Crippen molar-refractivity contribution in [3.8, 4) is 10.7 Å². The molecule has 3 aromatic rings. The molecule has 2 N–H and O–H groups in total. The van der Waals surface area contributed by atoms with Gasteiger partial charge in [-0.15, -0.1) is 11.3 Å². The summed E-state index contributed by atoms with van der Waals surface area (Å²) in [6, 6.07) is 10.3. The van der Waals surface area contributed by atoms with Gasteiger partial charge in [0.15, 0.2) is 5.82 Å². The van der Waals surface area contributed by atoms with Gasteiger partial charge in [-0.25, -0.2) is 4.98 Å². The van der Waals surface area contributed by atoms with E-state index < -0.39 is 0 Å². The molecule has 0 aliphatic rings. The summed E-state index contributed by atoms with van der Waals surface area (Å²) in [4.78, 5) is 5.90. The lowest BCUT2D eigenvalue weighted by Crippen LogP contribution is -1.97. The van der Waals surface area contributed by atoms with Crippen LogP contribution in [0.25, 0.3) is 21.7 Å². The lowest BCUT2D eigenvalue weighted by Gasteiger charge is -1.99. The summed E-state index contributed by atoms with van der Waals surface area (Å²) in [5, 5.41) is 0. The average Bonchev–Trinajstić information content (AvgIpc) is 2.94. The van der Waals surface area contributed by atoms with Gasteiger partial charge in [-0.1, -0.05) is 12.1 Å². The predicted molar refractivity (Wildman–Crippen MR) is 79.6 cm³/mol. The molecular formula is C13H12BrN3S. The number of rotatable bonds is 2. The van der Waals surface area contributed by atoms with Crippen LogP contribution >= 0.6 is 27.3 Å². The summed E-state index contributed by atoms with van der Waals surface area (Å²) in [5.41, 5.74) is 8.98. The van der Waals surface area contributed by atoms with Crippen molar-refractivity contribution >= 4 is 38.3 Å². The first-order chi connectivity index (χ1) is 8.70. The van der Waals surface area contributed by atoms with Gasteiger partial charge < -0.3 is 10.3 Å². The van der Waals surface area contributed by atoms with Crippen molar-refractivity contribution in [3.05, 3.63) is 39.7 Å². The second-order valence-electron chi connectivity index (χ2n) is 4.09. The first kappa shape index (κ1) is 11.9. The molecule has 0 fully saturated rings. The van der Waals surface area contributed by atoms with Crippen molar-refractivity contribution in [2.24, 2.45) is 12.8 Å². The van der Waals surface area contributed by atoms with Crippen LogP contribution in [-0.2, 0) is 13.6 Å². The van der Waals surface area contributed by atoms with Crippen LogP contribution in [0.4, 0.5) is 0 Å². The van der Waals surface area contributed by atoms with E-state index in [4.69, 9.17) is 10.7 Å². The molecule has 2 heterocycles. The molecule has 0 saturated heterocycles. The maximum Gasteiger partial charge on any atom is 0.151 e. The quantitative estimate of drug-likeness (QED) is 0.784. The zero-order valence-corrected chi connectivity index (χ0v) is 12.3. The zero-order chi connectivity index (χ0) is 12.7. The van der Waals surface area contributed by atoms with E-state index in [-0.39, 0.29) is 0 Å². The van der Waals surface area contributed by atoms with E-state index in [0.717, 1.165) is 31.1 Å². The molecule has 5 heteroatoms. The smallest absolute Gasteiger partial charge is 0.151 e. The van der Waals surface area contributed by atoms with Crippen LogP contribution in [0.5, 0.6) is 0 Å². The van der Waals surface area contributed by atoms with Gasteiger partial charge in [0.25, 0.3) is 0 Å². The number of nitrogens with zero attached hydrogens (tertiary/aromatic N) is 2. The Bertz CT molecular complexity index is 714. The molecule has 0 spiro atoms. The molecule has 18 heavy (non-hydrogen) atoms. The third-order valence-corrected chi connectivity index (χ3v) is 4.63. The molecule has 0 atom stereocenters. The number of benzene rings is 1. The maximum absolute atomic E-state index is 5.76. The van der Waals surface area contributed by atoms with Gasteiger partial charge in [0, 0.05) is 13.6 Å². The highest BCUT2D eigenvalue weighted by Gasteiger charge is 2.13. The van der Waals surface area contributed by atoms with E-state index in [1.807, 2.05) is 25.2 Å². The number of para-hydroxylation sites is 1.